The van der Waals surface area contributed by atoms with Crippen LogP contribution in [0.1, 0.15) is 29.5 Å². The molecule has 4 heteroatoms. The number of benzene rings is 7. The summed E-state index contributed by atoms with van der Waals surface area (Å²) in [4.78, 5) is 9.75. The maximum Gasteiger partial charge on any atom is 0.0708 e. The van der Waals surface area contributed by atoms with E-state index in [0.717, 1.165) is 64.0 Å². The van der Waals surface area contributed by atoms with Crippen LogP contribution in [0.3, 0.4) is 0 Å². The lowest BCUT2D eigenvalue weighted by Crippen LogP contribution is -2.38. The lowest BCUT2D eigenvalue weighted by molar-refractivity contribution is 0.724. The normalized spacial score (nSPS) is 17.4. The van der Waals surface area contributed by atoms with Crippen LogP contribution in [-0.4, -0.2) is 5.54 Å². The highest BCUT2D eigenvalue weighted by Crippen LogP contribution is 2.57. The molecule has 2 atom stereocenters. The molecule has 0 amide bonds. The third-order valence-electron chi connectivity index (χ3n) is 12.4. The summed E-state index contributed by atoms with van der Waals surface area (Å²) < 4.78 is 0. The fourth-order valence-electron chi connectivity index (χ4n) is 9.37. The van der Waals surface area contributed by atoms with Crippen LogP contribution in [-0.2, 0) is 0 Å². The van der Waals surface area contributed by atoms with Crippen LogP contribution in [0.25, 0.3) is 0 Å². The van der Waals surface area contributed by atoms with E-state index < -0.39 is 0 Å². The van der Waals surface area contributed by atoms with Gasteiger partial charge in [-0.2, -0.15) is 0 Å². The molecule has 0 saturated heterocycles. The van der Waals surface area contributed by atoms with Gasteiger partial charge in [0, 0.05) is 74.9 Å². The summed E-state index contributed by atoms with van der Waals surface area (Å²) in [5, 5.41) is 0. The van der Waals surface area contributed by atoms with Gasteiger partial charge in [-0.3, -0.25) is 0 Å². The molecule has 63 heavy (non-hydrogen) atoms. The third-order valence-corrected chi connectivity index (χ3v) is 12.4. The van der Waals surface area contributed by atoms with Gasteiger partial charge >= 0.3 is 0 Å². The fraction of sp³-hybridized carbons (Fsp3) is 0.119. The molecule has 7 aromatic carbocycles. The topological polar surface area (TPSA) is 13.0 Å². The molecular formula is C59H52N4. The molecule has 0 spiro atoms. The van der Waals surface area contributed by atoms with Gasteiger partial charge in [0.15, 0.2) is 0 Å². The van der Waals surface area contributed by atoms with Gasteiger partial charge in [-0.25, -0.2) is 0 Å². The van der Waals surface area contributed by atoms with Gasteiger partial charge in [0.1, 0.15) is 0 Å². The van der Waals surface area contributed by atoms with Crippen molar-refractivity contribution in [1.29, 1.82) is 0 Å². The second kappa shape index (κ2) is 17.1. The zero-order valence-electron chi connectivity index (χ0n) is 36.2. The first kappa shape index (κ1) is 39.6. The fourth-order valence-corrected chi connectivity index (χ4v) is 9.37. The van der Waals surface area contributed by atoms with Crippen LogP contribution >= 0.6 is 0 Å². The quantitative estimate of drug-likeness (QED) is 0.122. The molecule has 4 nitrogen and oxygen atoms in total. The highest BCUT2D eigenvalue weighted by atomic mass is 15.3. The Balaban J connectivity index is 1.07. The van der Waals surface area contributed by atoms with Gasteiger partial charge in [0.2, 0.25) is 0 Å². The predicted molar refractivity (Wildman–Crippen MR) is 266 cm³/mol. The summed E-state index contributed by atoms with van der Waals surface area (Å²) in [7, 11) is 0. The molecule has 0 aliphatic heterocycles. The van der Waals surface area contributed by atoms with Gasteiger partial charge in [-0.15, -0.1) is 0 Å². The van der Waals surface area contributed by atoms with E-state index in [0.29, 0.717) is 5.92 Å². The number of para-hydroxylation sites is 3. The highest BCUT2D eigenvalue weighted by molar-refractivity contribution is 5.79. The number of fused-ring (bicyclic) bond motifs is 1. The summed E-state index contributed by atoms with van der Waals surface area (Å²) >= 11 is 0. The monoisotopic (exact) mass is 816 g/mol. The summed E-state index contributed by atoms with van der Waals surface area (Å²) in [6.07, 6.45) is 18.5. The average molecular weight is 817 g/mol. The van der Waals surface area contributed by atoms with E-state index in [-0.39, 0.29) is 5.54 Å². The Morgan fingerprint density at radius 1 is 0.413 bits per heavy atom. The van der Waals surface area contributed by atoms with Crippen LogP contribution in [0.15, 0.2) is 248 Å². The van der Waals surface area contributed by atoms with E-state index in [1.54, 1.807) is 0 Å². The van der Waals surface area contributed by atoms with Crippen LogP contribution in [0, 0.1) is 26.7 Å². The number of rotatable bonds is 12. The van der Waals surface area contributed by atoms with Crippen LogP contribution in [0.4, 0.5) is 45.5 Å². The molecule has 0 heterocycles. The van der Waals surface area contributed by atoms with Crippen molar-refractivity contribution in [3.8, 4) is 0 Å². The number of nitrogens with zero attached hydrogens (tertiary/aromatic N) is 4. The van der Waals surface area contributed by atoms with Crippen molar-refractivity contribution >= 4 is 45.5 Å². The standard InChI is InChI=1S/C59H52N4/c1-44-17-13-28-55(39-44)60(48-20-7-4-8-21-48)51-26-16-27-53(34-31-51)63(54-35-32-52(33-36-54)61(49-22-9-5-10-23-49)56-29-14-18-45(2)40-56)59-38-37-58(42-47(59)43-59)62(50-24-11-6-12-25-50)57-30-15-19-46(3)41-57/h4-25,27-42,47H,26,43H2,1-3H3. The van der Waals surface area contributed by atoms with Crippen molar-refractivity contribution in [2.45, 2.75) is 39.2 Å². The second-order valence-electron chi connectivity index (χ2n) is 17.0. The number of aryl methyl sites for hydroxylation is 3. The molecule has 0 radical (unpaired) electrons. The maximum atomic E-state index is 2.60. The molecule has 1 fully saturated rings. The summed E-state index contributed by atoms with van der Waals surface area (Å²) in [5.74, 6) is 0.301. The molecular weight excluding hydrogens is 765 g/mol. The van der Waals surface area contributed by atoms with E-state index >= 15 is 0 Å². The van der Waals surface area contributed by atoms with Crippen LogP contribution < -0.4 is 19.6 Å². The highest BCUT2D eigenvalue weighted by Gasteiger charge is 2.58. The molecule has 1 saturated carbocycles. The Bertz CT molecular complexity index is 2890. The zero-order chi connectivity index (χ0) is 42.8. The van der Waals surface area contributed by atoms with E-state index in [4.69, 9.17) is 0 Å². The largest absolute Gasteiger partial charge is 0.331 e. The maximum absolute atomic E-state index is 2.60. The second-order valence-corrected chi connectivity index (χ2v) is 17.0. The van der Waals surface area contributed by atoms with Crippen molar-refractivity contribution < 1.29 is 0 Å². The minimum Gasteiger partial charge on any atom is -0.331 e. The third kappa shape index (κ3) is 8.04. The van der Waals surface area contributed by atoms with Crippen LogP contribution in [0.5, 0.6) is 0 Å². The number of hydrogen-bond donors (Lipinski definition) is 0. The van der Waals surface area contributed by atoms with Crippen LogP contribution in [0.2, 0.25) is 0 Å². The zero-order valence-corrected chi connectivity index (χ0v) is 36.2. The molecule has 3 aliphatic rings. The molecule has 0 N–H and O–H groups in total. The Morgan fingerprint density at radius 2 is 0.873 bits per heavy atom. The molecule has 308 valence electrons. The van der Waals surface area contributed by atoms with Gasteiger partial charge in [-0.05, 0) is 165 Å². The molecule has 10 rings (SSSR count). The Kier molecular flexibility index (Phi) is 10.7. The van der Waals surface area contributed by atoms with E-state index in [9.17, 15) is 0 Å². The van der Waals surface area contributed by atoms with Crippen molar-refractivity contribution in [2.75, 3.05) is 19.6 Å². The SMILES string of the molecule is Cc1cccc(N(C2=CC3CC3(N(C3=CC=C(N(c4ccccc4)c4cccc(C)c4)CC=C3)c3ccc(N(c4ccccc4)c4cccc(C)c4)cc3)C=C2)c2ccccc2)c1. The van der Waals surface area contributed by atoms with Gasteiger partial charge in [0.05, 0.1) is 5.54 Å². The summed E-state index contributed by atoms with van der Waals surface area (Å²) in [6.45, 7) is 6.49. The lowest BCUT2D eigenvalue weighted by Gasteiger charge is -2.37. The predicted octanol–water partition coefficient (Wildman–Crippen LogP) is 15.5. The lowest BCUT2D eigenvalue weighted by atomic mass is 10.0. The van der Waals surface area contributed by atoms with E-state index in [1.165, 1.54) is 28.1 Å². The van der Waals surface area contributed by atoms with Crippen molar-refractivity contribution in [3.05, 3.63) is 264 Å². The van der Waals surface area contributed by atoms with Crippen molar-refractivity contribution in [3.63, 3.8) is 0 Å². The Labute approximate surface area is 373 Å². The minimum absolute atomic E-state index is 0.236. The molecule has 2 unspecified atom stereocenters. The molecule has 3 aliphatic carbocycles. The summed E-state index contributed by atoms with van der Waals surface area (Å²) in [5.41, 5.74) is 16.2. The smallest absolute Gasteiger partial charge is 0.0708 e. The first-order valence-corrected chi connectivity index (χ1v) is 22.1. The van der Waals surface area contributed by atoms with Gasteiger partial charge in [-0.1, -0.05) is 109 Å². The molecule has 0 bridgehead atoms. The molecule has 0 aromatic heterocycles. The Hall–Kier alpha value is -7.56. The van der Waals surface area contributed by atoms with Gasteiger partial charge < -0.3 is 19.6 Å². The van der Waals surface area contributed by atoms with Crippen molar-refractivity contribution in [1.82, 2.24) is 0 Å². The summed E-state index contributed by atoms with van der Waals surface area (Å²) in [6, 6.07) is 67.7. The average Bonchev–Trinajstić information content (AvgIpc) is 4.09. The number of anilines is 8. The first-order valence-electron chi connectivity index (χ1n) is 22.1. The Morgan fingerprint density at radius 3 is 1.41 bits per heavy atom. The number of allylic oxidation sites excluding steroid dienone is 5. The molecule has 7 aromatic rings. The van der Waals surface area contributed by atoms with Gasteiger partial charge in [0.25, 0.3) is 0 Å². The van der Waals surface area contributed by atoms with E-state index in [1.807, 2.05) is 0 Å². The minimum atomic E-state index is -0.236. The first-order chi connectivity index (χ1) is 30.9. The van der Waals surface area contributed by atoms with E-state index in [2.05, 4.69) is 271 Å². The van der Waals surface area contributed by atoms with Crippen molar-refractivity contribution in [2.24, 2.45) is 5.92 Å². The number of hydrogen-bond acceptors (Lipinski definition) is 4.